The Hall–Kier alpha value is -1.71. The van der Waals surface area contributed by atoms with E-state index in [1.54, 1.807) is 24.3 Å². The Balaban J connectivity index is 3.27. The summed E-state index contributed by atoms with van der Waals surface area (Å²) >= 11 is 5.55. The van der Waals surface area contributed by atoms with Crippen LogP contribution in [0.25, 0.3) is 10.4 Å². The molecule has 0 saturated heterocycles. The summed E-state index contributed by atoms with van der Waals surface area (Å²) in [5.41, 5.74) is 8.93. The van der Waals surface area contributed by atoms with Crippen molar-refractivity contribution >= 4 is 22.5 Å². The lowest BCUT2D eigenvalue weighted by Gasteiger charge is -1.99. The summed E-state index contributed by atoms with van der Waals surface area (Å²) in [6.07, 6.45) is 0. The van der Waals surface area contributed by atoms with Crippen LogP contribution < -0.4 is 0 Å². The molecule has 1 N–H and O–H groups in total. The van der Waals surface area contributed by atoms with Gasteiger partial charge in [-0.25, -0.2) is 0 Å². The van der Waals surface area contributed by atoms with Crippen molar-refractivity contribution in [3.8, 4) is 0 Å². The molecule has 0 bridgehead atoms. The molecular weight excluding hydrogens is 192 g/mol. The summed E-state index contributed by atoms with van der Waals surface area (Å²) in [7, 11) is 0. The molecule has 1 rings (SSSR count). The summed E-state index contributed by atoms with van der Waals surface area (Å²) in [5, 5.41) is 14.5. The Morgan fingerprint density at radius 2 is 2.15 bits per heavy atom. The lowest BCUT2D eigenvalue weighted by atomic mass is 10.2. The first-order valence-electron chi connectivity index (χ1n) is 3.31. The Kier molecular flexibility index (Phi) is 3.14. The van der Waals surface area contributed by atoms with E-state index in [1.807, 2.05) is 0 Å². The van der Waals surface area contributed by atoms with Gasteiger partial charge in [0.25, 0.3) is 0 Å². The molecule has 0 unspecified atom stereocenters. The van der Waals surface area contributed by atoms with Crippen molar-refractivity contribution in [3.63, 3.8) is 0 Å². The van der Waals surface area contributed by atoms with E-state index in [2.05, 4.69) is 15.2 Å². The molecule has 0 saturated carbocycles. The van der Waals surface area contributed by atoms with Crippen LogP contribution in [0.3, 0.4) is 0 Å². The van der Waals surface area contributed by atoms with Gasteiger partial charge in [0.15, 0.2) is 5.17 Å². The van der Waals surface area contributed by atoms with Gasteiger partial charge in [0.2, 0.25) is 0 Å². The smallest absolute Gasteiger partial charge is 0.175 e. The highest BCUT2D eigenvalue weighted by Gasteiger charge is 2.04. The largest absolute Gasteiger partial charge is 0.410 e. The monoisotopic (exact) mass is 196 g/mol. The van der Waals surface area contributed by atoms with Crippen molar-refractivity contribution in [3.05, 3.63) is 40.3 Å². The quantitative estimate of drug-likeness (QED) is 0.194. The zero-order chi connectivity index (χ0) is 9.68. The predicted molar refractivity (Wildman–Crippen MR) is 49.4 cm³/mol. The summed E-state index contributed by atoms with van der Waals surface area (Å²) < 4.78 is 0. The van der Waals surface area contributed by atoms with Gasteiger partial charge in [-0.3, -0.25) is 0 Å². The fourth-order valence-electron chi connectivity index (χ4n) is 0.837. The van der Waals surface area contributed by atoms with E-state index in [0.29, 0.717) is 11.3 Å². The second-order valence-electron chi connectivity index (χ2n) is 2.10. The normalized spacial score (nSPS) is 10.7. The molecule has 0 aliphatic heterocycles. The topological polar surface area (TPSA) is 81.4 Å². The lowest BCUT2D eigenvalue weighted by molar-refractivity contribution is 0.321. The molecule has 0 spiro atoms. The average molecular weight is 197 g/mol. The zero-order valence-electron chi connectivity index (χ0n) is 6.42. The first-order valence-corrected chi connectivity index (χ1v) is 3.69. The van der Waals surface area contributed by atoms with Gasteiger partial charge in [-0.2, -0.15) is 0 Å². The van der Waals surface area contributed by atoms with Gasteiger partial charge in [-0.1, -0.05) is 46.1 Å². The van der Waals surface area contributed by atoms with Crippen LogP contribution in [-0.4, -0.2) is 10.4 Å². The Bertz CT molecular complexity index is 384. The van der Waals surface area contributed by atoms with Crippen molar-refractivity contribution in [2.24, 2.45) is 10.3 Å². The molecule has 0 atom stereocenters. The third-order valence-electron chi connectivity index (χ3n) is 1.37. The second-order valence-corrected chi connectivity index (χ2v) is 2.46. The molecule has 0 radical (unpaired) electrons. The number of halogens is 1. The van der Waals surface area contributed by atoms with Gasteiger partial charge in [-0.05, 0) is 5.53 Å². The molecule has 0 aliphatic carbocycles. The highest BCUT2D eigenvalue weighted by Crippen LogP contribution is 2.20. The maximum atomic E-state index is 8.40. The molecule has 0 aromatic heterocycles. The lowest BCUT2D eigenvalue weighted by Crippen LogP contribution is -1.90. The highest BCUT2D eigenvalue weighted by molar-refractivity contribution is 6.70. The van der Waals surface area contributed by atoms with E-state index in [1.165, 1.54) is 0 Å². The first kappa shape index (κ1) is 9.38. The number of benzene rings is 1. The van der Waals surface area contributed by atoms with Crippen molar-refractivity contribution < 1.29 is 5.21 Å². The van der Waals surface area contributed by atoms with Crippen molar-refractivity contribution in [1.82, 2.24) is 0 Å². The van der Waals surface area contributed by atoms with E-state index in [0.717, 1.165) is 0 Å². The average Bonchev–Trinajstić information content (AvgIpc) is 2.18. The summed E-state index contributed by atoms with van der Waals surface area (Å²) in [5.74, 6) is 0. The van der Waals surface area contributed by atoms with Gasteiger partial charge in [0.1, 0.15) is 0 Å². The van der Waals surface area contributed by atoms with Crippen molar-refractivity contribution in [2.75, 3.05) is 0 Å². The van der Waals surface area contributed by atoms with Crippen LogP contribution in [-0.2, 0) is 0 Å². The molecule has 0 fully saturated rings. The van der Waals surface area contributed by atoms with Gasteiger partial charge >= 0.3 is 0 Å². The summed E-state index contributed by atoms with van der Waals surface area (Å²) in [6, 6.07) is 6.54. The van der Waals surface area contributed by atoms with Gasteiger partial charge in [-0.15, -0.1) is 0 Å². The maximum absolute atomic E-state index is 8.40. The van der Waals surface area contributed by atoms with E-state index in [9.17, 15) is 0 Å². The zero-order valence-corrected chi connectivity index (χ0v) is 7.18. The van der Waals surface area contributed by atoms with Gasteiger partial charge in [0.05, 0.1) is 0 Å². The van der Waals surface area contributed by atoms with Crippen LogP contribution >= 0.6 is 11.6 Å². The minimum Gasteiger partial charge on any atom is -0.410 e. The van der Waals surface area contributed by atoms with Crippen LogP contribution in [0.4, 0.5) is 5.69 Å². The molecule has 5 nitrogen and oxygen atoms in total. The maximum Gasteiger partial charge on any atom is 0.175 e. The van der Waals surface area contributed by atoms with Crippen LogP contribution in [0.15, 0.2) is 34.5 Å². The molecule has 13 heavy (non-hydrogen) atoms. The van der Waals surface area contributed by atoms with E-state index in [4.69, 9.17) is 22.3 Å². The first-order chi connectivity index (χ1) is 6.29. The van der Waals surface area contributed by atoms with Crippen LogP contribution in [0.5, 0.6) is 0 Å². The molecule has 1 aromatic rings. The highest BCUT2D eigenvalue weighted by atomic mass is 35.5. The number of hydrogen-bond donors (Lipinski definition) is 1. The van der Waals surface area contributed by atoms with Gasteiger partial charge in [0, 0.05) is 16.2 Å². The fraction of sp³-hybridized carbons (Fsp3) is 0. The van der Waals surface area contributed by atoms with Gasteiger partial charge < -0.3 is 5.21 Å². The van der Waals surface area contributed by atoms with Crippen molar-refractivity contribution in [2.45, 2.75) is 0 Å². The molecule has 1 aromatic carbocycles. The summed E-state index contributed by atoms with van der Waals surface area (Å²) in [6.45, 7) is 0. The predicted octanol–water partition coefficient (Wildman–Crippen LogP) is 3.00. The van der Waals surface area contributed by atoms with Crippen LogP contribution in [0.2, 0.25) is 0 Å². The third-order valence-corrected chi connectivity index (χ3v) is 1.65. The number of azide groups is 1. The van der Waals surface area contributed by atoms with E-state index < -0.39 is 0 Å². The Labute approximate surface area is 78.9 Å². The number of oxime groups is 1. The number of nitrogens with zero attached hydrogens (tertiary/aromatic N) is 4. The minimum absolute atomic E-state index is 0.108. The molecule has 6 heteroatoms. The van der Waals surface area contributed by atoms with Crippen molar-refractivity contribution in [1.29, 1.82) is 0 Å². The molecule has 0 heterocycles. The fourth-order valence-corrected chi connectivity index (χ4v) is 0.997. The molecular formula is C7H5ClN4O. The van der Waals surface area contributed by atoms with E-state index in [-0.39, 0.29) is 5.17 Å². The Morgan fingerprint density at radius 3 is 2.77 bits per heavy atom. The number of hydrogen-bond acceptors (Lipinski definition) is 3. The second kappa shape index (κ2) is 4.35. The standard InChI is InChI=1S/C7H5ClN4O/c8-7(11-13)5-3-1-2-4-6(5)10-12-9/h1-4,13H. The molecule has 66 valence electrons. The number of rotatable bonds is 2. The third kappa shape index (κ3) is 2.11. The molecule has 0 aliphatic rings. The van der Waals surface area contributed by atoms with E-state index >= 15 is 0 Å². The summed E-state index contributed by atoms with van der Waals surface area (Å²) in [4.78, 5) is 2.61. The Morgan fingerprint density at radius 1 is 1.46 bits per heavy atom. The minimum atomic E-state index is -0.108. The molecule has 0 amide bonds. The van der Waals surface area contributed by atoms with Crippen LogP contribution in [0, 0.1) is 0 Å². The SMILES string of the molecule is [N-]=[N+]=Nc1ccccc1C(Cl)=NO. The van der Waals surface area contributed by atoms with Crippen LogP contribution in [0.1, 0.15) is 5.56 Å².